The van der Waals surface area contributed by atoms with Gasteiger partial charge in [0.25, 0.3) is 5.91 Å². The van der Waals surface area contributed by atoms with Crippen molar-refractivity contribution in [3.05, 3.63) is 24.3 Å². The van der Waals surface area contributed by atoms with Gasteiger partial charge in [-0.3, -0.25) is 4.79 Å². The first-order valence-corrected chi connectivity index (χ1v) is 6.33. The summed E-state index contributed by atoms with van der Waals surface area (Å²) < 4.78 is 5.71. The Bertz CT molecular complexity index is 443. The first kappa shape index (κ1) is 12.7. The summed E-state index contributed by atoms with van der Waals surface area (Å²) in [5.41, 5.74) is 0.744. The molecule has 0 aliphatic carbocycles. The van der Waals surface area contributed by atoms with Gasteiger partial charge in [0.1, 0.15) is 5.75 Å². The highest BCUT2D eigenvalue weighted by Crippen LogP contribution is 2.28. The van der Waals surface area contributed by atoms with E-state index >= 15 is 0 Å². The number of carbonyl (C=O) groups is 1. The fourth-order valence-corrected chi connectivity index (χ4v) is 1.76. The van der Waals surface area contributed by atoms with Crippen LogP contribution in [0.1, 0.15) is 27.2 Å². The standard InChI is InChI=1S/C14H20N2O2/c1-4-14(2,3)16-13(17)12-9-15-10-7-5-6-8-11(10)18-12/h5-8,12,15H,4,9H2,1-3H3,(H,16,17). The molecule has 1 aliphatic rings. The van der Waals surface area contributed by atoms with Gasteiger partial charge in [-0.1, -0.05) is 19.1 Å². The number of benzene rings is 1. The molecule has 1 atom stereocenters. The van der Waals surface area contributed by atoms with E-state index in [-0.39, 0.29) is 11.4 Å². The molecule has 4 heteroatoms. The Balaban J connectivity index is 2.03. The van der Waals surface area contributed by atoms with E-state index in [1.54, 1.807) is 0 Å². The maximum absolute atomic E-state index is 12.1. The average Bonchev–Trinajstić information content (AvgIpc) is 2.37. The molecular formula is C14H20N2O2. The predicted octanol–water partition coefficient (Wildman–Crippen LogP) is 2.16. The minimum atomic E-state index is -0.467. The zero-order valence-electron chi connectivity index (χ0n) is 11.1. The lowest BCUT2D eigenvalue weighted by Gasteiger charge is -2.30. The fraction of sp³-hybridized carbons (Fsp3) is 0.500. The van der Waals surface area contributed by atoms with Crippen LogP contribution in [0.25, 0.3) is 0 Å². The summed E-state index contributed by atoms with van der Waals surface area (Å²) in [5, 5.41) is 6.21. The van der Waals surface area contributed by atoms with E-state index in [1.165, 1.54) is 0 Å². The number of hydrogen-bond acceptors (Lipinski definition) is 3. The molecule has 1 heterocycles. The first-order chi connectivity index (χ1) is 8.52. The van der Waals surface area contributed by atoms with Crippen LogP contribution in [0.4, 0.5) is 5.69 Å². The first-order valence-electron chi connectivity index (χ1n) is 6.33. The highest BCUT2D eigenvalue weighted by Gasteiger charge is 2.29. The van der Waals surface area contributed by atoms with Gasteiger partial charge in [0, 0.05) is 5.54 Å². The Morgan fingerprint density at radius 2 is 2.22 bits per heavy atom. The number of amides is 1. The number of ether oxygens (including phenoxy) is 1. The van der Waals surface area contributed by atoms with E-state index in [4.69, 9.17) is 4.74 Å². The van der Waals surface area contributed by atoms with Crippen LogP contribution in [0.15, 0.2) is 24.3 Å². The highest BCUT2D eigenvalue weighted by atomic mass is 16.5. The van der Waals surface area contributed by atoms with Crippen molar-refractivity contribution in [1.82, 2.24) is 5.32 Å². The molecule has 0 saturated heterocycles. The smallest absolute Gasteiger partial charge is 0.263 e. The Labute approximate surface area is 108 Å². The molecule has 1 aromatic rings. The summed E-state index contributed by atoms with van der Waals surface area (Å²) >= 11 is 0. The molecule has 1 aliphatic heterocycles. The van der Waals surface area contributed by atoms with Gasteiger partial charge in [-0.15, -0.1) is 0 Å². The fourth-order valence-electron chi connectivity index (χ4n) is 1.76. The van der Waals surface area contributed by atoms with Gasteiger partial charge in [-0.05, 0) is 32.4 Å². The van der Waals surface area contributed by atoms with Gasteiger partial charge in [-0.25, -0.2) is 0 Å². The summed E-state index contributed by atoms with van der Waals surface area (Å²) in [7, 11) is 0. The maximum atomic E-state index is 12.1. The molecule has 98 valence electrons. The number of carbonyl (C=O) groups excluding carboxylic acids is 1. The molecule has 1 aromatic carbocycles. The lowest BCUT2D eigenvalue weighted by Crippen LogP contribution is -2.52. The number of para-hydroxylation sites is 2. The number of rotatable bonds is 3. The summed E-state index contributed by atoms with van der Waals surface area (Å²) in [5.74, 6) is 0.669. The largest absolute Gasteiger partial charge is 0.477 e. The Morgan fingerprint density at radius 1 is 1.50 bits per heavy atom. The van der Waals surface area contributed by atoms with Gasteiger partial charge in [0.05, 0.1) is 12.2 Å². The number of hydrogen-bond donors (Lipinski definition) is 2. The van der Waals surface area contributed by atoms with E-state index in [1.807, 2.05) is 38.1 Å². The molecule has 0 saturated carbocycles. The molecular weight excluding hydrogens is 228 g/mol. The molecule has 1 amide bonds. The molecule has 2 rings (SSSR count). The van der Waals surface area contributed by atoms with Crippen LogP contribution in [0, 0.1) is 0 Å². The van der Waals surface area contributed by atoms with Crippen LogP contribution < -0.4 is 15.4 Å². The van der Waals surface area contributed by atoms with E-state index in [2.05, 4.69) is 17.6 Å². The Hall–Kier alpha value is -1.71. The van der Waals surface area contributed by atoms with Crippen LogP contribution in [0.5, 0.6) is 5.75 Å². The van der Waals surface area contributed by atoms with E-state index < -0.39 is 6.10 Å². The third-order valence-electron chi connectivity index (χ3n) is 3.27. The van der Waals surface area contributed by atoms with Crippen molar-refractivity contribution in [2.75, 3.05) is 11.9 Å². The molecule has 4 nitrogen and oxygen atoms in total. The summed E-state index contributed by atoms with van der Waals surface area (Å²) in [6, 6.07) is 7.65. The van der Waals surface area contributed by atoms with Gasteiger partial charge < -0.3 is 15.4 Å². The highest BCUT2D eigenvalue weighted by molar-refractivity contribution is 5.83. The molecule has 18 heavy (non-hydrogen) atoms. The average molecular weight is 248 g/mol. The lowest BCUT2D eigenvalue weighted by atomic mass is 10.0. The van der Waals surface area contributed by atoms with Crippen LogP contribution >= 0.6 is 0 Å². The van der Waals surface area contributed by atoms with Crippen molar-refractivity contribution in [2.45, 2.75) is 38.8 Å². The van der Waals surface area contributed by atoms with Crippen LogP contribution in [-0.2, 0) is 4.79 Å². The van der Waals surface area contributed by atoms with Gasteiger partial charge >= 0.3 is 0 Å². The molecule has 1 unspecified atom stereocenters. The maximum Gasteiger partial charge on any atom is 0.263 e. The molecule has 2 N–H and O–H groups in total. The molecule has 0 spiro atoms. The zero-order valence-corrected chi connectivity index (χ0v) is 11.1. The van der Waals surface area contributed by atoms with Gasteiger partial charge in [-0.2, -0.15) is 0 Å². The van der Waals surface area contributed by atoms with Gasteiger partial charge in [0.2, 0.25) is 0 Å². The Morgan fingerprint density at radius 3 is 2.94 bits per heavy atom. The predicted molar refractivity (Wildman–Crippen MR) is 71.9 cm³/mol. The molecule has 0 radical (unpaired) electrons. The van der Waals surface area contributed by atoms with E-state index in [0.29, 0.717) is 6.54 Å². The van der Waals surface area contributed by atoms with Gasteiger partial charge in [0.15, 0.2) is 6.10 Å². The number of nitrogens with one attached hydrogen (secondary N) is 2. The molecule has 0 aromatic heterocycles. The zero-order chi connectivity index (χ0) is 13.2. The summed E-state index contributed by atoms with van der Waals surface area (Å²) in [6.07, 6.45) is 0.417. The second-order valence-electron chi connectivity index (χ2n) is 5.21. The number of fused-ring (bicyclic) bond motifs is 1. The van der Waals surface area contributed by atoms with Crippen molar-refractivity contribution in [2.24, 2.45) is 0 Å². The molecule has 0 fully saturated rings. The number of anilines is 1. The SMILES string of the molecule is CCC(C)(C)NC(=O)C1CNc2ccccc2O1. The van der Waals surface area contributed by atoms with Crippen molar-refractivity contribution in [3.63, 3.8) is 0 Å². The van der Waals surface area contributed by atoms with Crippen LogP contribution in [0.3, 0.4) is 0 Å². The topological polar surface area (TPSA) is 50.4 Å². The normalized spacial score (nSPS) is 18.3. The van der Waals surface area contributed by atoms with Crippen molar-refractivity contribution in [3.8, 4) is 5.75 Å². The van der Waals surface area contributed by atoms with E-state index in [0.717, 1.165) is 17.9 Å². The van der Waals surface area contributed by atoms with Crippen molar-refractivity contribution < 1.29 is 9.53 Å². The minimum Gasteiger partial charge on any atom is -0.477 e. The van der Waals surface area contributed by atoms with E-state index in [9.17, 15) is 4.79 Å². The van der Waals surface area contributed by atoms with Crippen LogP contribution in [0.2, 0.25) is 0 Å². The van der Waals surface area contributed by atoms with Crippen molar-refractivity contribution in [1.29, 1.82) is 0 Å². The quantitative estimate of drug-likeness (QED) is 0.862. The molecule has 0 bridgehead atoms. The lowest BCUT2D eigenvalue weighted by molar-refractivity contribution is -0.129. The second kappa shape index (κ2) is 4.88. The third kappa shape index (κ3) is 2.75. The van der Waals surface area contributed by atoms with Crippen molar-refractivity contribution >= 4 is 11.6 Å². The third-order valence-corrected chi connectivity index (χ3v) is 3.27. The monoisotopic (exact) mass is 248 g/mol. The minimum absolute atomic E-state index is 0.0659. The second-order valence-corrected chi connectivity index (χ2v) is 5.21. The summed E-state index contributed by atoms with van der Waals surface area (Å²) in [4.78, 5) is 12.1. The Kier molecular flexibility index (Phi) is 3.45. The summed E-state index contributed by atoms with van der Waals surface area (Å²) in [6.45, 7) is 6.57. The van der Waals surface area contributed by atoms with Crippen LogP contribution in [-0.4, -0.2) is 24.1 Å².